The second-order valence-electron chi connectivity index (χ2n) is 3.31. The van der Waals surface area contributed by atoms with Crippen LogP contribution in [0.4, 0.5) is 5.69 Å². The predicted octanol–water partition coefficient (Wildman–Crippen LogP) is 2.08. The molecule has 1 rings (SSSR count). The Morgan fingerprint density at radius 1 is 1.44 bits per heavy atom. The Balaban J connectivity index is 3.08. The Hall–Kier alpha value is -1.36. The summed E-state index contributed by atoms with van der Waals surface area (Å²) in [6.45, 7) is 1.48. The molecule has 0 aliphatic carbocycles. The summed E-state index contributed by atoms with van der Waals surface area (Å²) in [7, 11) is 1.29. The summed E-state index contributed by atoms with van der Waals surface area (Å²) in [4.78, 5) is 22.0. The number of hydrogen-bond donors (Lipinski definition) is 1. The molecule has 5 heteroatoms. The molecule has 0 radical (unpaired) electrons. The third-order valence-corrected chi connectivity index (χ3v) is 3.30. The van der Waals surface area contributed by atoms with E-state index in [-0.39, 0.29) is 5.78 Å². The number of benzene rings is 1. The summed E-state index contributed by atoms with van der Waals surface area (Å²) < 4.78 is 4.57. The van der Waals surface area contributed by atoms with Gasteiger partial charge in [0.1, 0.15) is 5.78 Å². The van der Waals surface area contributed by atoms with E-state index in [0.29, 0.717) is 11.3 Å². The second-order valence-corrected chi connectivity index (χ2v) is 4.23. The van der Waals surface area contributed by atoms with Crippen LogP contribution in [-0.4, -0.2) is 18.9 Å². The minimum Gasteiger partial charge on any atom is -0.465 e. The predicted molar refractivity (Wildman–Crippen MR) is 64.5 cm³/mol. The number of rotatable bonds is 3. The molecule has 0 saturated heterocycles. The summed E-state index contributed by atoms with van der Waals surface area (Å²) in [6, 6.07) is 4.81. The Labute approximate surface area is 102 Å². The first-order valence-electron chi connectivity index (χ1n) is 4.59. The maximum atomic E-state index is 11.3. The molecule has 0 bridgehead atoms. The van der Waals surface area contributed by atoms with Crippen LogP contribution in [-0.2, 0) is 9.53 Å². The molecule has 0 aromatic heterocycles. The van der Waals surface area contributed by atoms with Gasteiger partial charge < -0.3 is 10.5 Å². The summed E-state index contributed by atoms with van der Waals surface area (Å²) in [5, 5.41) is 0. The molecule has 0 aliphatic heterocycles. The number of hydrogen-bond acceptors (Lipinski definition) is 4. The summed E-state index contributed by atoms with van der Waals surface area (Å²) in [5.41, 5.74) is 7.02. The van der Waals surface area contributed by atoms with E-state index in [9.17, 15) is 9.59 Å². The van der Waals surface area contributed by atoms with E-state index >= 15 is 0 Å². The highest BCUT2D eigenvalue weighted by Crippen LogP contribution is 2.27. The monoisotopic (exact) mass is 285 g/mol. The molecule has 0 aliphatic rings. The molecular weight excluding hydrogens is 274 g/mol. The lowest BCUT2D eigenvalue weighted by Gasteiger charge is -2.09. The molecule has 2 N–H and O–H groups in total. The van der Waals surface area contributed by atoms with E-state index in [2.05, 4.69) is 20.7 Å². The molecule has 1 atom stereocenters. The van der Waals surface area contributed by atoms with Crippen molar-refractivity contribution in [3.8, 4) is 0 Å². The number of alkyl halides is 1. The van der Waals surface area contributed by atoms with Gasteiger partial charge in [0.2, 0.25) is 0 Å². The Kier molecular flexibility index (Phi) is 4.06. The van der Waals surface area contributed by atoms with Crippen molar-refractivity contribution in [1.29, 1.82) is 0 Å². The number of carbonyl (C=O) groups is 2. The number of carbonyl (C=O) groups excluding carboxylic acids is 2. The minimum atomic E-state index is -0.488. The Morgan fingerprint density at radius 2 is 2.06 bits per heavy atom. The van der Waals surface area contributed by atoms with E-state index < -0.39 is 10.8 Å². The lowest BCUT2D eigenvalue weighted by molar-refractivity contribution is -0.116. The van der Waals surface area contributed by atoms with Gasteiger partial charge in [-0.1, -0.05) is 22.0 Å². The molecule has 0 spiro atoms. The van der Waals surface area contributed by atoms with Crippen molar-refractivity contribution in [2.75, 3.05) is 12.8 Å². The number of halogens is 1. The van der Waals surface area contributed by atoms with Crippen molar-refractivity contribution in [3.63, 3.8) is 0 Å². The average Bonchev–Trinajstić information content (AvgIpc) is 2.26. The van der Waals surface area contributed by atoms with Gasteiger partial charge in [-0.3, -0.25) is 4.79 Å². The third kappa shape index (κ3) is 2.61. The number of ketones is 1. The van der Waals surface area contributed by atoms with Crippen LogP contribution in [0.3, 0.4) is 0 Å². The van der Waals surface area contributed by atoms with Crippen LogP contribution >= 0.6 is 15.9 Å². The molecule has 4 nitrogen and oxygen atoms in total. The van der Waals surface area contributed by atoms with Crippen molar-refractivity contribution < 1.29 is 14.3 Å². The van der Waals surface area contributed by atoms with Crippen LogP contribution in [0.5, 0.6) is 0 Å². The van der Waals surface area contributed by atoms with Crippen LogP contribution in [0.2, 0.25) is 0 Å². The largest absolute Gasteiger partial charge is 0.465 e. The lowest BCUT2D eigenvalue weighted by Crippen LogP contribution is -2.08. The van der Waals surface area contributed by atoms with Gasteiger partial charge in [-0.05, 0) is 24.6 Å². The molecule has 0 amide bonds. The fraction of sp³-hybridized carbons (Fsp3) is 0.273. The lowest BCUT2D eigenvalue weighted by atomic mass is 10.1. The van der Waals surface area contributed by atoms with E-state index in [0.717, 1.165) is 5.56 Å². The fourth-order valence-corrected chi connectivity index (χ4v) is 1.55. The van der Waals surface area contributed by atoms with Crippen LogP contribution in [0, 0.1) is 0 Å². The van der Waals surface area contributed by atoms with Crippen molar-refractivity contribution in [2.45, 2.75) is 11.8 Å². The molecule has 0 saturated carbocycles. The van der Waals surface area contributed by atoms with E-state index in [1.807, 2.05) is 0 Å². The number of nitrogens with two attached hydrogens (primary N) is 1. The molecule has 0 fully saturated rings. The van der Waals surface area contributed by atoms with E-state index in [1.54, 1.807) is 18.2 Å². The second kappa shape index (κ2) is 5.12. The standard InChI is InChI=1S/C11H12BrNO3/c1-6(14)10(12)7-3-4-8(9(13)5-7)11(15)16-2/h3-5,10H,13H2,1-2H3. The topological polar surface area (TPSA) is 69.4 Å². The molecule has 16 heavy (non-hydrogen) atoms. The van der Waals surface area contributed by atoms with Crippen molar-refractivity contribution in [2.24, 2.45) is 0 Å². The number of ether oxygens (including phenoxy) is 1. The molecule has 0 heterocycles. The van der Waals surface area contributed by atoms with Gasteiger partial charge in [-0.2, -0.15) is 0 Å². The van der Waals surface area contributed by atoms with Gasteiger partial charge in [0.05, 0.1) is 17.5 Å². The summed E-state index contributed by atoms with van der Waals surface area (Å²) in [6.07, 6.45) is 0. The van der Waals surface area contributed by atoms with Gasteiger partial charge in [0.15, 0.2) is 0 Å². The maximum Gasteiger partial charge on any atom is 0.339 e. The van der Waals surface area contributed by atoms with Crippen molar-refractivity contribution in [1.82, 2.24) is 0 Å². The van der Waals surface area contributed by atoms with Crippen molar-refractivity contribution in [3.05, 3.63) is 29.3 Å². The average molecular weight is 286 g/mol. The normalized spacial score (nSPS) is 11.9. The first kappa shape index (κ1) is 12.7. The fourth-order valence-electron chi connectivity index (χ4n) is 1.27. The molecule has 86 valence electrons. The van der Waals surface area contributed by atoms with E-state index in [4.69, 9.17) is 5.73 Å². The smallest absolute Gasteiger partial charge is 0.339 e. The maximum absolute atomic E-state index is 11.3. The number of esters is 1. The van der Waals surface area contributed by atoms with Crippen molar-refractivity contribution >= 4 is 33.4 Å². The van der Waals surface area contributed by atoms with Gasteiger partial charge in [-0.15, -0.1) is 0 Å². The molecule has 1 aromatic carbocycles. The SMILES string of the molecule is COC(=O)c1ccc(C(Br)C(C)=O)cc1N. The molecule has 1 unspecified atom stereocenters. The summed E-state index contributed by atoms with van der Waals surface area (Å²) >= 11 is 3.24. The van der Waals surface area contributed by atoms with Gasteiger partial charge >= 0.3 is 5.97 Å². The highest BCUT2D eigenvalue weighted by molar-refractivity contribution is 9.09. The molecule has 1 aromatic rings. The minimum absolute atomic E-state index is 0.0229. The Bertz CT molecular complexity index is 431. The number of nitrogen functional groups attached to an aromatic ring is 1. The van der Waals surface area contributed by atoms with Crippen LogP contribution in [0.1, 0.15) is 27.7 Å². The highest BCUT2D eigenvalue weighted by atomic mass is 79.9. The van der Waals surface area contributed by atoms with Gasteiger partial charge in [0, 0.05) is 5.69 Å². The number of Topliss-reactive ketones (excluding diaryl/α,β-unsaturated/α-hetero) is 1. The first-order valence-corrected chi connectivity index (χ1v) is 5.51. The zero-order valence-corrected chi connectivity index (χ0v) is 10.6. The van der Waals surface area contributed by atoms with Gasteiger partial charge in [0.25, 0.3) is 0 Å². The molecular formula is C11H12BrNO3. The first-order chi connectivity index (χ1) is 7.47. The zero-order valence-electron chi connectivity index (χ0n) is 8.99. The van der Waals surface area contributed by atoms with Crippen LogP contribution in [0.15, 0.2) is 18.2 Å². The number of methoxy groups -OCH3 is 1. The number of anilines is 1. The zero-order chi connectivity index (χ0) is 12.3. The highest BCUT2D eigenvalue weighted by Gasteiger charge is 2.16. The van der Waals surface area contributed by atoms with E-state index in [1.165, 1.54) is 14.0 Å². The third-order valence-electron chi connectivity index (χ3n) is 2.13. The van der Waals surface area contributed by atoms with Crippen LogP contribution < -0.4 is 5.73 Å². The van der Waals surface area contributed by atoms with Gasteiger partial charge in [-0.25, -0.2) is 4.79 Å². The quantitative estimate of drug-likeness (QED) is 0.524. The van der Waals surface area contributed by atoms with Crippen LogP contribution in [0.25, 0.3) is 0 Å². The Morgan fingerprint density at radius 3 is 2.50 bits per heavy atom. The summed E-state index contributed by atoms with van der Waals surface area (Å²) in [5.74, 6) is -0.511.